The number of rotatable bonds is 7. The molecule has 0 unspecified atom stereocenters. The van der Waals surface area contributed by atoms with Crippen molar-refractivity contribution in [2.45, 2.75) is 13.5 Å². The Kier molecular flexibility index (Phi) is 5.51. The number of sulfonamides is 1. The van der Waals surface area contributed by atoms with Gasteiger partial charge >= 0.3 is 10.2 Å². The number of para-hydroxylation sites is 1. The van der Waals surface area contributed by atoms with E-state index in [1.807, 2.05) is 0 Å². The summed E-state index contributed by atoms with van der Waals surface area (Å²) in [6.45, 7) is 2.07. The van der Waals surface area contributed by atoms with Gasteiger partial charge in [0.2, 0.25) is 10.0 Å². The molecule has 0 aromatic heterocycles. The van der Waals surface area contributed by atoms with Crippen molar-refractivity contribution >= 4 is 25.9 Å². The van der Waals surface area contributed by atoms with Gasteiger partial charge in [-0.3, -0.25) is 4.72 Å². The summed E-state index contributed by atoms with van der Waals surface area (Å²) in [7, 11) is -5.52. The maximum absolute atomic E-state index is 12.0. The molecule has 7 nitrogen and oxygen atoms in total. The molecule has 0 bridgehead atoms. The van der Waals surface area contributed by atoms with Crippen molar-refractivity contribution in [2.24, 2.45) is 0 Å². The number of benzene rings is 1. The zero-order valence-corrected chi connectivity index (χ0v) is 13.3. The van der Waals surface area contributed by atoms with Gasteiger partial charge in [-0.2, -0.15) is 12.7 Å². The fourth-order valence-electron chi connectivity index (χ4n) is 1.37. The van der Waals surface area contributed by atoms with Crippen molar-refractivity contribution in [3.05, 3.63) is 29.8 Å². The Morgan fingerprint density at radius 2 is 1.75 bits per heavy atom. The van der Waals surface area contributed by atoms with Gasteiger partial charge in [-0.1, -0.05) is 25.1 Å². The van der Waals surface area contributed by atoms with Crippen LogP contribution in [0.1, 0.15) is 12.5 Å². The van der Waals surface area contributed by atoms with Crippen molar-refractivity contribution in [3.8, 4) is 0 Å². The maximum Gasteiger partial charge on any atom is 0.301 e. The van der Waals surface area contributed by atoms with E-state index in [2.05, 4.69) is 9.44 Å². The van der Waals surface area contributed by atoms with Gasteiger partial charge in [-0.25, -0.2) is 13.1 Å². The highest BCUT2D eigenvalue weighted by atomic mass is 32.2. The number of hydrogen-bond donors (Lipinski definition) is 2. The Balaban J connectivity index is 2.97. The number of nitrogens with one attached hydrogen (secondary N) is 2. The summed E-state index contributed by atoms with van der Waals surface area (Å²) in [5.41, 5.74) is 0.898. The van der Waals surface area contributed by atoms with Gasteiger partial charge in [0.05, 0.1) is 11.9 Å². The van der Waals surface area contributed by atoms with Crippen LogP contribution in [0.4, 0.5) is 5.69 Å². The summed E-state index contributed by atoms with van der Waals surface area (Å²) in [6, 6.07) is 6.62. The van der Waals surface area contributed by atoms with E-state index >= 15 is 0 Å². The lowest BCUT2D eigenvalue weighted by molar-refractivity contribution is 0.491. The van der Waals surface area contributed by atoms with E-state index in [0.29, 0.717) is 17.8 Å². The van der Waals surface area contributed by atoms with Crippen LogP contribution in [-0.4, -0.2) is 41.0 Å². The highest BCUT2D eigenvalue weighted by Crippen LogP contribution is 2.17. The normalized spacial score (nSPS) is 12.6. The van der Waals surface area contributed by atoms with E-state index in [9.17, 15) is 16.8 Å². The third-order valence-corrected chi connectivity index (χ3v) is 4.86. The predicted octanol–water partition coefficient (Wildman–Crippen LogP) is 0.344. The fraction of sp³-hybridized carbons (Fsp3) is 0.455. The third kappa shape index (κ3) is 5.08. The molecule has 9 heteroatoms. The van der Waals surface area contributed by atoms with Gasteiger partial charge < -0.3 is 0 Å². The van der Waals surface area contributed by atoms with Gasteiger partial charge in [0.15, 0.2) is 0 Å². The summed E-state index contributed by atoms with van der Waals surface area (Å²) in [5.74, 6) is 0. The molecule has 0 fully saturated rings. The Morgan fingerprint density at radius 3 is 2.30 bits per heavy atom. The molecule has 0 amide bonds. The second-order valence-corrected chi connectivity index (χ2v) is 7.88. The van der Waals surface area contributed by atoms with Gasteiger partial charge in [0, 0.05) is 20.1 Å². The van der Waals surface area contributed by atoms with Gasteiger partial charge in [0.1, 0.15) is 0 Å². The Hall–Kier alpha value is -1.16. The first kappa shape index (κ1) is 16.9. The molecule has 1 aromatic carbocycles. The van der Waals surface area contributed by atoms with E-state index in [0.717, 1.165) is 10.6 Å². The van der Waals surface area contributed by atoms with Crippen LogP contribution in [0.5, 0.6) is 0 Å². The SMILES string of the molecule is CCN(C)S(=O)(=O)Nc1ccccc1CNS(C)(=O)=O. The molecule has 0 saturated heterocycles. The summed E-state index contributed by atoms with van der Waals surface area (Å²) in [4.78, 5) is 0. The molecule has 114 valence electrons. The van der Waals surface area contributed by atoms with E-state index in [1.165, 1.54) is 7.05 Å². The van der Waals surface area contributed by atoms with E-state index in [1.54, 1.807) is 31.2 Å². The highest BCUT2D eigenvalue weighted by Gasteiger charge is 2.17. The smallest absolute Gasteiger partial charge is 0.271 e. The molecule has 0 aliphatic heterocycles. The van der Waals surface area contributed by atoms with Crippen LogP contribution in [-0.2, 0) is 26.8 Å². The van der Waals surface area contributed by atoms with Gasteiger partial charge in [-0.15, -0.1) is 0 Å². The van der Waals surface area contributed by atoms with Crippen molar-refractivity contribution < 1.29 is 16.8 Å². The van der Waals surface area contributed by atoms with Crippen molar-refractivity contribution in [3.63, 3.8) is 0 Å². The highest BCUT2D eigenvalue weighted by molar-refractivity contribution is 7.90. The minimum atomic E-state index is -3.63. The molecule has 0 heterocycles. The van der Waals surface area contributed by atoms with Crippen molar-refractivity contribution in [2.75, 3.05) is 24.6 Å². The Labute approximate surface area is 120 Å². The molecule has 2 N–H and O–H groups in total. The molecule has 0 aliphatic carbocycles. The molecule has 1 rings (SSSR count). The van der Waals surface area contributed by atoms with Gasteiger partial charge in [-0.05, 0) is 11.6 Å². The standard InChI is InChI=1S/C11H19N3O4S2/c1-4-14(2)20(17,18)13-11-8-6-5-7-10(11)9-12-19(3,15)16/h5-8,12-13H,4,9H2,1-3H3. The first-order valence-electron chi connectivity index (χ1n) is 5.92. The topological polar surface area (TPSA) is 95.6 Å². The number of nitrogens with zero attached hydrogens (tertiary/aromatic N) is 1. The number of hydrogen-bond acceptors (Lipinski definition) is 4. The second kappa shape index (κ2) is 6.53. The first-order chi connectivity index (χ1) is 9.15. The lowest BCUT2D eigenvalue weighted by Gasteiger charge is -2.18. The minimum Gasteiger partial charge on any atom is -0.271 e. The summed E-state index contributed by atoms with van der Waals surface area (Å²) >= 11 is 0. The molecule has 0 aliphatic rings. The van der Waals surface area contributed by atoms with Gasteiger partial charge in [0.25, 0.3) is 0 Å². The van der Waals surface area contributed by atoms with Crippen LogP contribution in [0.3, 0.4) is 0 Å². The molecule has 0 atom stereocenters. The zero-order chi connectivity index (χ0) is 15.4. The quantitative estimate of drug-likeness (QED) is 0.757. The van der Waals surface area contributed by atoms with Crippen LogP contribution < -0.4 is 9.44 Å². The van der Waals surface area contributed by atoms with E-state index < -0.39 is 20.2 Å². The zero-order valence-electron chi connectivity index (χ0n) is 11.6. The molecule has 0 saturated carbocycles. The van der Waals surface area contributed by atoms with Crippen LogP contribution >= 0.6 is 0 Å². The molecule has 0 radical (unpaired) electrons. The van der Waals surface area contributed by atoms with Crippen LogP contribution in [0.15, 0.2) is 24.3 Å². The fourth-order valence-corrected chi connectivity index (χ4v) is 2.76. The molecular formula is C11H19N3O4S2. The lowest BCUT2D eigenvalue weighted by Crippen LogP contribution is -2.32. The average molecular weight is 321 g/mol. The minimum absolute atomic E-state index is 0.0212. The molecule has 0 spiro atoms. The molecule has 1 aromatic rings. The van der Waals surface area contributed by atoms with E-state index in [-0.39, 0.29) is 6.54 Å². The largest absolute Gasteiger partial charge is 0.301 e. The third-order valence-electron chi connectivity index (χ3n) is 2.64. The first-order valence-corrected chi connectivity index (χ1v) is 9.25. The molecular weight excluding hydrogens is 302 g/mol. The van der Waals surface area contributed by atoms with Crippen LogP contribution in [0.25, 0.3) is 0 Å². The summed E-state index contributed by atoms with van der Waals surface area (Å²) in [6.07, 6.45) is 1.05. The average Bonchev–Trinajstić information content (AvgIpc) is 2.35. The number of anilines is 1. The second-order valence-electron chi connectivity index (χ2n) is 4.27. The summed E-state index contributed by atoms with van der Waals surface area (Å²) in [5, 5.41) is 0. The Morgan fingerprint density at radius 1 is 1.15 bits per heavy atom. The summed E-state index contributed by atoms with van der Waals surface area (Å²) < 4.78 is 52.0. The maximum atomic E-state index is 12.0. The lowest BCUT2D eigenvalue weighted by atomic mass is 10.2. The molecule has 20 heavy (non-hydrogen) atoms. The van der Waals surface area contributed by atoms with Crippen LogP contribution in [0, 0.1) is 0 Å². The van der Waals surface area contributed by atoms with Crippen molar-refractivity contribution in [1.82, 2.24) is 9.03 Å². The Bertz CT molecular complexity index is 656. The monoisotopic (exact) mass is 321 g/mol. The predicted molar refractivity (Wildman–Crippen MR) is 79.0 cm³/mol. The van der Waals surface area contributed by atoms with E-state index in [4.69, 9.17) is 0 Å². The van der Waals surface area contributed by atoms with Crippen LogP contribution in [0.2, 0.25) is 0 Å². The van der Waals surface area contributed by atoms with Crippen molar-refractivity contribution in [1.29, 1.82) is 0 Å².